The highest BCUT2D eigenvalue weighted by molar-refractivity contribution is 7.80. The van der Waals surface area contributed by atoms with Gasteiger partial charge in [-0.2, -0.15) is 25.8 Å². The monoisotopic (exact) mass is 319 g/mol. The Kier molecular flexibility index (Phi) is 4.53. The molecule has 0 aliphatic carbocycles. The summed E-state index contributed by atoms with van der Waals surface area (Å²) in [5.74, 6) is -1.13. The van der Waals surface area contributed by atoms with E-state index in [4.69, 9.17) is 4.74 Å². The molecule has 1 aliphatic heterocycles. The van der Waals surface area contributed by atoms with E-state index < -0.39 is 23.6 Å². The first kappa shape index (κ1) is 16.2. The molecule has 1 aromatic rings. The number of ether oxygens (including phenoxy) is 1. The largest absolute Gasteiger partial charge is 0.469 e. The van der Waals surface area contributed by atoms with Gasteiger partial charge in [0.25, 0.3) is 0 Å². The molecule has 1 fully saturated rings. The first-order valence-electron chi connectivity index (χ1n) is 6.39. The molecule has 116 valence electrons. The van der Waals surface area contributed by atoms with Gasteiger partial charge in [0.15, 0.2) is 0 Å². The number of benzene rings is 1. The van der Waals surface area contributed by atoms with Crippen LogP contribution in [0.3, 0.4) is 0 Å². The zero-order valence-corrected chi connectivity index (χ0v) is 12.5. The summed E-state index contributed by atoms with van der Waals surface area (Å²) in [5, 5.41) is -0.315. The number of thiol groups is 1. The molecule has 0 aromatic heterocycles. The molecule has 3 nitrogen and oxygen atoms in total. The second-order valence-corrected chi connectivity index (χ2v) is 5.66. The van der Waals surface area contributed by atoms with Crippen molar-refractivity contribution in [3.63, 3.8) is 0 Å². The zero-order chi connectivity index (χ0) is 15.8. The van der Waals surface area contributed by atoms with Gasteiger partial charge < -0.3 is 4.74 Å². The molecule has 0 saturated carbocycles. The van der Waals surface area contributed by atoms with Crippen molar-refractivity contribution in [3.05, 3.63) is 35.4 Å². The highest BCUT2D eigenvalue weighted by atomic mass is 32.1. The number of rotatable bonds is 2. The number of esters is 1. The first-order valence-corrected chi connectivity index (χ1v) is 6.90. The van der Waals surface area contributed by atoms with Crippen molar-refractivity contribution in [2.45, 2.75) is 17.5 Å². The first-order chi connectivity index (χ1) is 9.75. The van der Waals surface area contributed by atoms with E-state index in [9.17, 15) is 18.0 Å². The van der Waals surface area contributed by atoms with E-state index in [2.05, 4.69) is 12.6 Å². The molecule has 1 heterocycles. The van der Waals surface area contributed by atoms with Crippen molar-refractivity contribution in [2.24, 2.45) is 5.92 Å². The summed E-state index contributed by atoms with van der Waals surface area (Å²) in [6.07, 6.45) is -4.36. The Bertz CT molecular complexity index is 518. The smallest absolute Gasteiger partial charge is 0.416 e. The molecular formula is C14H16F3NO2S. The molecule has 3 atom stereocenters. The number of alkyl halides is 3. The van der Waals surface area contributed by atoms with Crippen LogP contribution in [-0.4, -0.2) is 36.9 Å². The fourth-order valence-corrected chi connectivity index (χ4v) is 3.09. The van der Waals surface area contributed by atoms with Crippen molar-refractivity contribution in [1.29, 1.82) is 0 Å². The zero-order valence-electron chi connectivity index (χ0n) is 11.6. The van der Waals surface area contributed by atoms with Gasteiger partial charge in [0.1, 0.15) is 0 Å². The summed E-state index contributed by atoms with van der Waals surface area (Å²) in [4.78, 5) is 13.8. The fraction of sp³-hybridized carbons (Fsp3) is 0.500. The van der Waals surface area contributed by atoms with Gasteiger partial charge in [-0.25, -0.2) is 0 Å². The van der Waals surface area contributed by atoms with Crippen LogP contribution in [0.4, 0.5) is 13.2 Å². The lowest BCUT2D eigenvalue weighted by atomic mass is 9.88. The van der Waals surface area contributed by atoms with Gasteiger partial charge in [0, 0.05) is 12.5 Å². The lowest BCUT2D eigenvalue weighted by Crippen LogP contribution is -2.30. The summed E-state index contributed by atoms with van der Waals surface area (Å²) in [5.41, 5.74) is -0.0172. The third-order valence-electron chi connectivity index (χ3n) is 3.83. The van der Waals surface area contributed by atoms with Crippen molar-refractivity contribution in [2.75, 3.05) is 20.7 Å². The highest BCUT2D eigenvalue weighted by Crippen LogP contribution is 2.39. The van der Waals surface area contributed by atoms with Gasteiger partial charge >= 0.3 is 12.1 Å². The average Bonchev–Trinajstić information content (AvgIpc) is 2.73. The minimum absolute atomic E-state index is 0.229. The molecule has 1 saturated heterocycles. The van der Waals surface area contributed by atoms with Crippen LogP contribution in [-0.2, 0) is 15.7 Å². The van der Waals surface area contributed by atoms with Crippen molar-refractivity contribution < 1.29 is 22.7 Å². The number of carbonyl (C=O) groups excluding carboxylic acids is 1. The van der Waals surface area contributed by atoms with E-state index in [-0.39, 0.29) is 11.3 Å². The normalized spacial score (nSPS) is 26.9. The molecule has 2 rings (SSSR count). The molecule has 7 heteroatoms. The Balaban J connectivity index is 2.29. The molecule has 0 bridgehead atoms. The molecule has 0 spiro atoms. The van der Waals surface area contributed by atoms with Gasteiger partial charge in [-0.05, 0) is 24.7 Å². The number of methoxy groups -OCH3 is 1. The van der Waals surface area contributed by atoms with Crippen LogP contribution in [0, 0.1) is 5.92 Å². The number of nitrogens with zero attached hydrogens (tertiary/aromatic N) is 1. The molecule has 1 aromatic carbocycles. The maximum atomic E-state index is 12.6. The number of hydrogen-bond donors (Lipinski definition) is 1. The Hall–Kier alpha value is -1.21. The van der Waals surface area contributed by atoms with E-state index in [1.54, 1.807) is 0 Å². The van der Waals surface area contributed by atoms with E-state index in [1.165, 1.54) is 19.2 Å². The van der Waals surface area contributed by atoms with Crippen molar-refractivity contribution >= 4 is 18.6 Å². The minimum atomic E-state index is -4.36. The quantitative estimate of drug-likeness (QED) is 0.671. The second-order valence-electron chi connectivity index (χ2n) is 5.13. The van der Waals surface area contributed by atoms with Crippen LogP contribution in [0.1, 0.15) is 17.0 Å². The average molecular weight is 319 g/mol. The predicted molar refractivity (Wildman–Crippen MR) is 75.1 cm³/mol. The van der Waals surface area contributed by atoms with Gasteiger partial charge in [0.05, 0.1) is 24.0 Å². The lowest BCUT2D eigenvalue weighted by Gasteiger charge is -2.20. The van der Waals surface area contributed by atoms with Crippen LogP contribution >= 0.6 is 12.6 Å². The van der Waals surface area contributed by atoms with Crippen LogP contribution in [0.15, 0.2) is 24.3 Å². The number of likely N-dealkylation sites (tertiary alicyclic amines) is 1. The van der Waals surface area contributed by atoms with E-state index in [0.29, 0.717) is 12.1 Å². The Morgan fingerprint density at radius 3 is 2.38 bits per heavy atom. The van der Waals surface area contributed by atoms with E-state index >= 15 is 0 Å². The van der Waals surface area contributed by atoms with Crippen LogP contribution in [0.2, 0.25) is 0 Å². The minimum Gasteiger partial charge on any atom is -0.469 e. The van der Waals surface area contributed by atoms with Crippen molar-refractivity contribution in [1.82, 2.24) is 4.90 Å². The van der Waals surface area contributed by atoms with Gasteiger partial charge in [-0.1, -0.05) is 12.1 Å². The Morgan fingerprint density at radius 2 is 1.90 bits per heavy atom. The third-order valence-corrected chi connectivity index (χ3v) is 4.55. The standard InChI is InChI=1S/C14H16F3NO2S/c1-18-7-10(11(12(18)21)13(19)20-2)8-3-5-9(6-4-8)14(15,16)17/h3-6,10-12,21H,7H2,1-2H3/t10-,11?,12+/m1/s1. The molecule has 0 amide bonds. The topological polar surface area (TPSA) is 29.5 Å². The Morgan fingerprint density at radius 1 is 1.33 bits per heavy atom. The number of hydrogen-bond acceptors (Lipinski definition) is 4. The number of carbonyl (C=O) groups is 1. The lowest BCUT2D eigenvalue weighted by molar-refractivity contribution is -0.145. The maximum absolute atomic E-state index is 12.6. The van der Waals surface area contributed by atoms with Crippen LogP contribution < -0.4 is 0 Å². The van der Waals surface area contributed by atoms with Crippen LogP contribution in [0.25, 0.3) is 0 Å². The van der Waals surface area contributed by atoms with E-state index in [0.717, 1.165) is 12.1 Å². The number of likely N-dealkylation sites (N-methyl/N-ethyl adjacent to an activating group) is 1. The summed E-state index contributed by atoms with van der Waals surface area (Å²) in [6.45, 7) is 0.541. The molecule has 1 unspecified atom stereocenters. The van der Waals surface area contributed by atoms with Gasteiger partial charge in [-0.15, -0.1) is 0 Å². The van der Waals surface area contributed by atoms with Crippen molar-refractivity contribution in [3.8, 4) is 0 Å². The fourth-order valence-electron chi connectivity index (χ4n) is 2.67. The van der Waals surface area contributed by atoms with E-state index in [1.807, 2.05) is 11.9 Å². The third kappa shape index (κ3) is 3.18. The summed E-state index contributed by atoms with van der Waals surface area (Å²) in [7, 11) is 3.11. The molecule has 21 heavy (non-hydrogen) atoms. The van der Waals surface area contributed by atoms with Crippen LogP contribution in [0.5, 0.6) is 0 Å². The Labute approximate surface area is 126 Å². The van der Waals surface area contributed by atoms with Gasteiger partial charge in [0.2, 0.25) is 0 Å². The molecule has 1 aliphatic rings. The predicted octanol–water partition coefficient (Wildman–Crippen LogP) is 2.78. The van der Waals surface area contributed by atoms with Gasteiger partial charge in [-0.3, -0.25) is 9.69 Å². The molecule has 0 radical (unpaired) electrons. The second kappa shape index (κ2) is 5.88. The highest BCUT2D eigenvalue weighted by Gasteiger charge is 2.44. The summed E-state index contributed by atoms with van der Waals surface area (Å²) < 4.78 is 42.5. The summed E-state index contributed by atoms with van der Waals surface area (Å²) >= 11 is 4.40. The summed E-state index contributed by atoms with van der Waals surface area (Å²) in [6, 6.07) is 4.91. The molecular weight excluding hydrogens is 303 g/mol. The maximum Gasteiger partial charge on any atom is 0.416 e. The SMILES string of the molecule is COC(=O)C1[C@@H](c2ccc(C(F)(F)F)cc2)CN(C)[C@H]1S. The molecule has 0 N–H and O–H groups in total. The number of halogens is 3.